The molecule has 0 fully saturated rings. The number of hydrogen-bond donors (Lipinski definition) is 0. The van der Waals surface area contributed by atoms with Gasteiger partial charge in [-0.15, -0.1) is 0 Å². The van der Waals surface area contributed by atoms with Crippen LogP contribution in [0.2, 0.25) is 10.0 Å². The first-order chi connectivity index (χ1) is 10.9. The van der Waals surface area contributed by atoms with Crippen LogP contribution in [0.1, 0.15) is 31.1 Å². The summed E-state index contributed by atoms with van der Waals surface area (Å²) in [7, 11) is 0. The summed E-state index contributed by atoms with van der Waals surface area (Å²) in [5.74, 6) is 0.774. The summed E-state index contributed by atoms with van der Waals surface area (Å²) in [6, 6.07) is 5.00. The van der Waals surface area contributed by atoms with Crippen LogP contribution in [0.5, 0.6) is 0 Å². The standard InChI is InChI=1S/C16H16Cl2N2O3/c1-10(2)7-14-19-15(23-20-14)9-22-16(21)6-4-11-3-5-12(17)8-13(11)18/h3-6,8,10H,7,9H2,1-2H3/b6-4-. The van der Waals surface area contributed by atoms with Crippen molar-refractivity contribution < 1.29 is 14.1 Å². The zero-order chi connectivity index (χ0) is 16.8. The number of esters is 1. The molecular weight excluding hydrogens is 339 g/mol. The molecule has 1 aromatic heterocycles. The van der Waals surface area contributed by atoms with Gasteiger partial charge < -0.3 is 9.26 Å². The van der Waals surface area contributed by atoms with Crippen molar-refractivity contribution >= 4 is 35.2 Å². The van der Waals surface area contributed by atoms with Gasteiger partial charge >= 0.3 is 5.97 Å². The van der Waals surface area contributed by atoms with E-state index in [0.29, 0.717) is 33.8 Å². The summed E-state index contributed by atoms with van der Waals surface area (Å²) < 4.78 is 10.1. The van der Waals surface area contributed by atoms with E-state index in [-0.39, 0.29) is 12.5 Å². The Kier molecular flexibility index (Phi) is 6.19. The quantitative estimate of drug-likeness (QED) is 0.570. The second-order valence-electron chi connectivity index (χ2n) is 5.31. The Hall–Kier alpha value is -1.85. The lowest BCUT2D eigenvalue weighted by Gasteiger charge is -1.99. The van der Waals surface area contributed by atoms with Crippen LogP contribution in [0.15, 0.2) is 28.8 Å². The van der Waals surface area contributed by atoms with E-state index in [9.17, 15) is 4.79 Å². The number of halogens is 2. The van der Waals surface area contributed by atoms with Crippen LogP contribution >= 0.6 is 23.2 Å². The lowest BCUT2D eigenvalue weighted by atomic mass is 10.1. The molecule has 0 radical (unpaired) electrons. The van der Waals surface area contributed by atoms with Crippen LogP contribution < -0.4 is 0 Å². The molecule has 2 rings (SSSR count). The molecular formula is C16H16Cl2N2O3. The molecule has 0 amide bonds. The Morgan fingerprint density at radius 2 is 2.17 bits per heavy atom. The van der Waals surface area contributed by atoms with Crippen LogP contribution in [0.3, 0.4) is 0 Å². The second-order valence-corrected chi connectivity index (χ2v) is 6.15. The Morgan fingerprint density at radius 3 is 2.87 bits per heavy atom. The fourth-order valence-electron chi connectivity index (χ4n) is 1.77. The van der Waals surface area contributed by atoms with Gasteiger partial charge in [-0.2, -0.15) is 4.98 Å². The van der Waals surface area contributed by atoms with E-state index in [1.807, 2.05) is 0 Å². The van der Waals surface area contributed by atoms with Gasteiger partial charge in [0.1, 0.15) is 0 Å². The predicted molar refractivity (Wildman–Crippen MR) is 88.1 cm³/mol. The van der Waals surface area contributed by atoms with E-state index < -0.39 is 5.97 Å². The maximum atomic E-state index is 11.7. The van der Waals surface area contributed by atoms with E-state index in [1.54, 1.807) is 24.3 Å². The molecule has 1 heterocycles. The topological polar surface area (TPSA) is 65.2 Å². The molecule has 0 saturated carbocycles. The van der Waals surface area contributed by atoms with Crippen molar-refractivity contribution in [2.24, 2.45) is 5.92 Å². The number of benzene rings is 1. The van der Waals surface area contributed by atoms with Gasteiger partial charge in [0.25, 0.3) is 5.89 Å². The van der Waals surface area contributed by atoms with Crippen LogP contribution in [0.25, 0.3) is 6.08 Å². The van der Waals surface area contributed by atoms with Gasteiger partial charge in [0.15, 0.2) is 12.4 Å². The number of ether oxygens (including phenoxy) is 1. The molecule has 0 aliphatic carbocycles. The van der Waals surface area contributed by atoms with Crippen LogP contribution in [-0.4, -0.2) is 16.1 Å². The number of carbonyl (C=O) groups is 1. The second kappa shape index (κ2) is 8.13. The van der Waals surface area contributed by atoms with Gasteiger partial charge in [0.05, 0.1) is 0 Å². The lowest BCUT2D eigenvalue weighted by Crippen LogP contribution is -2.01. The first-order valence-corrected chi connectivity index (χ1v) is 7.81. The maximum absolute atomic E-state index is 11.7. The van der Waals surface area contributed by atoms with Crippen molar-refractivity contribution in [1.29, 1.82) is 0 Å². The molecule has 0 aliphatic rings. The normalized spacial score (nSPS) is 11.3. The molecule has 2 aromatic rings. The van der Waals surface area contributed by atoms with Crippen molar-refractivity contribution in [3.63, 3.8) is 0 Å². The number of nitrogens with zero attached hydrogens (tertiary/aromatic N) is 2. The Balaban J connectivity index is 1.87. The van der Waals surface area contributed by atoms with E-state index in [4.69, 9.17) is 32.5 Å². The summed E-state index contributed by atoms with van der Waals surface area (Å²) >= 11 is 11.8. The summed E-state index contributed by atoms with van der Waals surface area (Å²) in [5, 5.41) is 4.81. The van der Waals surface area contributed by atoms with Gasteiger partial charge in [0, 0.05) is 22.5 Å². The third-order valence-electron chi connectivity index (χ3n) is 2.80. The average molecular weight is 355 g/mol. The van der Waals surface area contributed by atoms with Crippen molar-refractivity contribution in [1.82, 2.24) is 10.1 Å². The smallest absolute Gasteiger partial charge is 0.331 e. The molecule has 0 N–H and O–H groups in total. The van der Waals surface area contributed by atoms with E-state index in [1.165, 1.54) is 6.08 Å². The number of carbonyl (C=O) groups excluding carboxylic acids is 1. The first-order valence-electron chi connectivity index (χ1n) is 7.05. The van der Waals surface area contributed by atoms with Gasteiger partial charge in [-0.25, -0.2) is 4.79 Å². The molecule has 122 valence electrons. The average Bonchev–Trinajstić information content (AvgIpc) is 2.91. The third kappa shape index (κ3) is 5.69. The minimum absolute atomic E-state index is 0.0668. The molecule has 0 bridgehead atoms. The fourth-order valence-corrected chi connectivity index (χ4v) is 2.24. The molecule has 0 atom stereocenters. The molecule has 0 spiro atoms. The summed E-state index contributed by atoms with van der Waals surface area (Å²) in [5.41, 5.74) is 0.671. The summed E-state index contributed by atoms with van der Waals surface area (Å²) in [4.78, 5) is 15.8. The zero-order valence-electron chi connectivity index (χ0n) is 12.8. The third-order valence-corrected chi connectivity index (χ3v) is 3.36. The Labute approximate surface area is 144 Å². The Bertz CT molecular complexity index is 711. The SMILES string of the molecule is CC(C)Cc1noc(COC(=O)/C=C\c2ccc(Cl)cc2Cl)n1. The molecule has 0 aliphatic heterocycles. The predicted octanol–water partition coefficient (Wildman–Crippen LogP) is 4.33. The minimum atomic E-state index is -0.528. The first kappa shape index (κ1) is 17.5. The number of rotatable bonds is 6. The molecule has 5 nitrogen and oxygen atoms in total. The number of aromatic nitrogens is 2. The minimum Gasteiger partial charge on any atom is -0.452 e. The highest BCUT2D eigenvalue weighted by Crippen LogP contribution is 2.22. The lowest BCUT2D eigenvalue weighted by molar-refractivity contribution is -0.139. The van der Waals surface area contributed by atoms with Gasteiger partial charge in [-0.1, -0.05) is 48.3 Å². The van der Waals surface area contributed by atoms with Crippen LogP contribution in [0, 0.1) is 5.92 Å². The van der Waals surface area contributed by atoms with E-state index in [0.717, 1.165) is 0 Å². The summed E-state index contributed by atoms with van der Waals surface area (Å²) in [6.45, 7) is 4.05. The molecule has 1 aromatic carbocycles. The largest absolute Gasteiger partial charge is 0.452 e. The van der Waals surface area contributed by atoms with Crippen molar-refractivity contribution in [3.8, 4) is 0 Å². The number of hydrogen-bond acceptors (Lipinski definition) is 5. The highest BCUT2D eigenvalue weighted by atomic mass is 35.5. The zero-order valence-corrected chi connectivity index (χ0v) is 14.3. The van der Waals surface area contributed by atoms with Crippen molar-refractivity contribution in [2.75, 3.05) is 0 Å². The highest BCUT2D eigenvalue weighted by Gasteiger charge is 2.09. The van der Waals surface area contributed by atoms with Gasteiger partial charge in [-0.05, 0) is 29.7 Å². The molecule has 7 heteroatoms. The van der Waals surface area contributed by atoms with Gasteiger partial charge in [0.2, 0.25) is 0 Å². The van der Waals surface area contributed by atoms with Crippen molar-refractivity contribution in [2.45, 2.75) is 26.9 Å². The van der Waals surface area contributed by atoms with Crippen molar-refractivity contribution in [3.05, 3.63) is 51.6 Å². The fraction of sp³-hybridized carbons (Fsp3) is 0.312. The molecule has 0 unspecified atom stereocenters. The Morgan fingerprint density at radius 1 is 1.39 bits per heavy atom. The molecule has 0 saturated heterocycles. The maximum Gasteiger partial charge on any atom is 0.331 e. The van der Waals surface area contributed by atoms with Crippen LogP contribution in [0.4, 0.5) is 0 Å². The van der Waals surface area contributed by atoms with E-state index >= 15 is 0 Å². The van der Waals surface area contributed by atoms with Gasteiger partial charge in [-0.3, -0.25) is 0 Å². The highest BCUT2D eigenvalue weighted by molar-refractivity contribution is 6.35. The van der Waals surface area contributed by atoms with E-state index in [2.05, 4.69) is 24.0 Å². The monoisotopic (exact) mass is 354 g/mol. The molecule has 23 heavy (non-hydrogen) atoms. The van der Waals surface area contributed by atoms with Crippen LogP contribution in [-0.2, 0) is 22.6 Å². The summed E-state index contributed by atoms with van der Waals surface area (Å²) in [6.07, 6.45) is 3.55.